The molecule has 0 aromatic heterocycles. The number of amidine groups is 1. The predicted molar refractivity (Wildman–Crippen MR) is 88.2 cm³/mol. The largest absolute Gasteiger partial charge is 0.365 e. The van der Waals surface area contributed by atoms with Gasteiger partial charge >= 0.3 is 0 Å². The summed E-state index contributed by atoms with van der Waals surface area (Å²) < 4.78 is 0. The van der Waals surface area contributed by atoms with Crippen LogP contribution in [0.25, 0.3) is 0 Å². The van der Waals surface area contributed by atoms with Gasteiger partial charge in [-0.05, 0) is 23.8 Å². The van der Waals surface area contributed by atoms with E-state index in [0.717, 1.165) is 30.1 Å². The molecule has 0 bridgehead atoms. The minimum absolute atomic E-state index is 0.502. The molecule has 1 fully saturated rings. The summed E-state index contributed by atoms with van der Waals surface area (Å²) in [5.74, 6) is 1.70. The molecule has 1 saturated carbocycles. The maximum Gasteiger partial charge on any atom is 0.157 e. The van der Waals surface area contributed by atoms with Gasteiger partial charge < -0.3 is 5.32 Å². The topological polar surface area (TPSA) is 24.4 Å². The van der Waals surface area contributed by atoms with Crippen LogP contribution in [0.15, 0.2) is 35.3 Å². The van der Waals surface area contributed by atoms with Gasteiger partial charge in [0.15, 0.2) is 5.17 Å². The van der Waals surface area contributed by atoms with E-state index < -0.39 is 0 Å². The Morgan fingerprint density at radius 2 is 2.00 bits per heavy atom. The van der Waals surface area contributed by atoms with Crippen LogP contribution in [0.5, 0.6) is 0 Å². The Balaban J connectivity index is 1.48. The molecular formula is C17H24N2S. The average molecular weight is 288 g/mol. The van der Waals surface area contributed by atoms with Crippen molar-refractivity contribution >= 4 is 16.9 Å². The monoisotopic (exact) mass is 288 g/mol. The number of aliphatic imine (C=N–C) groups is 1. The van der Waals surface area contributed by atoms with Gasteiger partial charge in [-0.1, -0.05) is 68.3 Å². The fourth-order valence-corrected chi connectivity index (χ4v) is 4.26. The number of hydrogen-bond acceptors (Lipinski definition) is 3. The van der Waals surface area contributed by atoms with Gasteiger partial charge in [-0.3, -0.25) is 4.99 Å². The van der Waals surface area contributed by atoms with E-state index in [4.69, 9.17) is 0 Å². The number of thioether (sulfide) groups is 1. The van der Waals surface area contributed by atoms with Crippen LogP contribution in [0, 0.1) is 11.8 Å². The van der Waals surface area contributed by atoms with Crippen molar-refractivity contribution in [1.82, 2.24) is 5.32 Å². The molecule has 1 aromatic carbocycles. The molecule has 2 nitrogen and oxygen atoms in total. The Morgan fingerprint density at radius 3 is 2.80 bits per heavy atom. The average Bonchev–Trinajstić information content (AvgIpc) is 2.96. The van der Waals surface area contributed by atoms with Crippen molar-refractivity contribution in [3.05, 3.63) is 35.9 Å². The van der Waals surface area contributed by atoms with Gasteiger partial charge in [0.1, 0.15) is 0 Å². The number of nitrogens with zero attached hydrogens (tertiary/aromatic N) is 1. The fraction of sp³-hybridized carbons (Fsp3) is 0.588. The van der Waals surface area contributed by atoms with Crippen molar-refractivity contribution in [3.63, 3.8) is 0 Å². The van der Waals surface area contributed by atoms with E-state index in [0.29, 0.717) is 5.25 Å². The lowest BCUT2D eigenvalue weighted by Crippen LogP contribution is -2.31. The summed E-state index contributed by atoms with van der Waals surface area (Å²) in [6.07, 6.45) is 5.61. The van der Waals surface area contributed by atoms with Crippen molar-refractivity contribution in [2.45, 2.75) is 37.9 Å². The lowest BCUT2D eigenvalue weighted by Gasteiger charge is -2.29. The SMILES string of the molecule is CC1CCCCC1CNC1=NCC(c2ccccc2)S1. The zero-order valence-corrected chi connectivity index (χ0v) is 13.0. The lowest BCUT2D eigenvalue weighted by atomic mass is 9.80. The highest BCUT2D eigenvalue weighted by molar-refractivity contribution is 8.14. The molecule has 20 heavy (non-hydrogen) atoms. The van der Waals surface area contributed by atoms with Crippen molar-refractivity contribution in [1.29, 1.82) is 0 Å². The highest BCUT2D eigenvalue weighted by Gasteiger charge is 2.24. The zero-order valence-electron chi connectivity index (χ0n) is 12.2. The Kier molecular flexibility index (Phi) is 4.66. The second kappa shape index (κ2) is 6.66. The molecular weight excluding hydrogens is 264 g/mol. The zero-order chi connectivity index (χ0) is 13.8. The Labute approximate surface area is 126 Å². The first kappa shape index (κ1) is 14.0. The molecule has 108 valence electrons. The fourth-order valence-electron chi connectivity index (χ4n) is 3.23. The van der Waals surface area contributed by atoms with E-state index in [-0.39, 0.29) is 0 Å². The third kappa shape index (κ3) is 3.38. The summed E-state index contributed by atoms with van der Waals surface area (Å²) in [6.45, 7) is 4.42. The van der Waals surface area contributed by atoms with Crippen molar-refractivity contribution in [2.24, 2.45) is 16.8 Å². The predicted octanol–water partition coefficient (Wildman–Crippen LogP) is 4.25. The van der Waals surface area contributed by atoms with Gasteiger partial charge in [0, 0.05) is 6.54 Å². The Morgan fingerprint density at radius 1 is 1.20 bits per heavy atom. The standard InChI is InChI=1S/C17H24N2S/c1-13-7-5-6-10-15(13)11-18-17-19-12-16(20-17)14-8-3-2-4-9-14/h2-4,8-9,13,15-16H,5-7,10-12H2,1H3,(H,18,19). The van der Waals surface area contributed by atoms with Crippen LogP contribution in [0.2, 0.25) is 0 Å². The van der Waals surface area contributed by atoms with E-state index >= 15 is 0 Å². The minimum Gasteiger partial charge on any atom is -0.365 e. The van der Waals surface area contributed by atoms with Gasteiger partial charge in [-0.25, -0.2) is 0 Å². The van der Waals surface area contributed by atoms with Crippen molar-refractivity contribution in [2.75, 3.05) is 13.1 Å². The minimum atomic E-state index is 0.502. The molecule has 1 aliphatic heterocycles. The highest BCUT2D eigenvalue weighted by atomic mass is 32.2. The number of rotatable bonds is 3. The van der Waals surface area contributed by atoms with Gasteiger partial charge in [-0.15, -0.1) is 0 Å². The number of benzene rings is 1. The van der Waals surface area contributed by atoms with E-state index in [1.54, 1.807) is 0 Å². The normalized spacial score (nSPS) is 30.1. The molecule has 0 spiro atoms. The van der Waals surface area contributed by atoms with Gasteiger partial charge in [0.05, 0.1) is 11.8 Å². The van der Waals surface area contributed by atoms with Gasteiger partial charge in [0.25, 0.3) is 0 Å². The maximum atomic E-state index is 4.67. The summed E-state index contributed by atoms with van der Waals surface area (Å²) in [5.41, 5.74) is 1.39. The third-order valence-corrected chi connectivity index (χ3v) is 5.83. The summed E-state index contributed by atoms with van der Waals surface area (Å²) in [5, 5.41) is 5.25. The third-order valence-electron chi connectivity index (χ3n) is 4.63. The van der Waals surface area contributed by atoms with E-state index in [9.17, 15) is 0 Å². The molecule has 1 heterocycles. The van der Waals surface area contributed by atoms with Crippen LogP contribution in [0.3, 0.4) is 0 Å². The summed E-state index contributed by atoms with van der Waals surface area (Å²) in [4.78, 5) is 4.67. The van der Waals surface area contributed by atoms with E-state index in [1.165, 1.54) is 31.2 Å². The molecule has 3 unspecified atom stereocenters. The molecule has 3 atom stereocenters. The molecule has 3 heteroatoms. The first-order valence-electron chi connectivity index (χ1n) is 7.83. The maximum absolute atomic E-state index is 4.67. The van der Waals surface area contributed by atoms with Crippen LogP contribution in [-0.2, 0) is 0 Å². The quantitative estimate of drug-likeness (QED) is 0.899. The highest BCUT2D eigenvalue weighted by Crippen LogP contribution is 2.35. The summed E-state index contributed by atoms with van der Waals surface area (Å²) in [6, 6.07) is 10.7. The molecule has 1 aliphatic carbocycles. The molecule has 3 rings (SSSR count). The van der Waals surface area contributed by atoms with Gasteiger partial charge in [-0.2, -0.15) is 0 Å². The van der Waals surface area contributed by atoms with Crippen LogP contribution in [0.1, 0.15) is 43.4 Å². The smallest absolute Gasteiger partial charge is 0.157 e. The first-order valence-corrected chi connectivity index (χ1v) is 8.71. The molecule has 0 saturated heterocycles. The van der Waals surface area contributed by atoms with E-state index in [2.05, 4.69) is 47.6 Å². The van der Waals surface area contributed by atoms with Gasteiger partial charge in [0.2, 0.25) is 0 Å². The van der Waals surface area contributed by atoms with E-state index in [1.807, 2.05) is 11.8 Å². The summed E-state index contributed by atoms with van der Waals surface area (Å²) in [7, 11) is 0. The molecule has 1 aromatic rings. The summed E-state index contributed by atoms with van der Waals surface area (Å²) >= 11 is 1.89. The first-order chi connectivity index (χ1) is 9.83. The second-order valence-electron chi connectivity index (χ2n) is 6.07. The Hall–Kier alpha value is -0.960. The molecule has 1 N–H and O–H groups in total. The Bertz CT molecular complexity index is 457. The molecule has 0 radical (unpaired) electrons. The van der Waals surface area contributed by atoms with Crippen molar-refractivity contribution in [3.8, 4) is 0 Å². The molecule has 2 aliphatic rings. The van der Waals surface area contributed by atoms with Crippen LogP contribution < -0.4 is 5.32 Å². The van der Waals surface area contributed by atoms with Crippen molar-refractivity contribution < 1.29 is 0 Å². The van der Waals surface area contributed by atoms with Crippen LogP contribution in [-0.4, -0.2) is 18.3 Å². The van der Waals surface area contributed by atoms with Crippen LogP contribution >= 0.6 is 11.8 Å². The number of nitrogens with one attached hydrogen (secondary N) is 1. The lowest BCUT2D eigenvalue weighted by molar-refractivity contribution is 0.257. The molecule has 0 amide bonds. The van der Waals surface area contributed by atoms with Crippen LogP contribution in [0.4, 0.5) is 0 Å². The second-order valence-corrected chi connectivity index (χ2v) is 7.26. The number of hydrogen-bond donors (Lipinski definition) is 1.